The predicted octanol–water partition coefficient (Wildman–Crippen LogP) is 3.54. The molecule has 10 heteroatoms. The van der Waals surface area contributed by atoms with Crippen molar-refractivity contribution in [1.82, 2.24) is 4.98 Å². The average molecular weight is 378 g/mol. The molecule has 0 amide bonds. The highest BCUT2D eigenvalue weighted by molar-refractivity contribution is 5.66. The van der Waals surface area contributed by atoms with Gasteiger partial charge in [-0.3, -0.25) is 10.1 Å². The van der Waals surface area contributed by atoms with Crippen LogP contribution in [0.2, 0.25) is 0 Å². The van der Waals surface area contributed by atoms with E-state index < -0.39 is 16.7 Å². The van der Waals surface area contributed by atoms with E-state index >= 15 is 0 Å². The molecule has 0 N–H and O–H groups in total. The second kappa shape index (κ2) is 7.11. The largest absolute Gasteiger partial charge is 0.472 e. The molecular formula is C17H13F3N4O3. The normalized spacial score (nSPS) is 16.8. The van der Waals surface area contributed by atoms with Crippen LogP contribution in [0.3, 0.4) is 0 Å². The van der Waals surface area contributed by atoms with Crippen molar-refractivity contribution in [3.63, 3.8) is 0 Å². The van der Waals surface area contributed by atoms with Crippen molar-refractivity contribution in [1.29, 1.82) is 5.26 Å². The molecule has 27 heavy (non-hydrogen) atoms. The summed E-state index contributed by atoms with van der Waals surface area (Å²) in [6.45, 7) is 0.785. The first-order chi connectivity index (χ1) is 12.8. The van der Waals surface area contributed by atoms with E-state index in [-0.39, 0.29) is 23.2 Å². The number of halogens is 3. The molecule has 1 saturated heterocycles. The molecule has 0 bridgehead atoms. The standard InChI is InChI=1S/C17H13F3N4O3/c18-17(19,20)12-2-4-16(22-9-12)27-13-5-6-23(10-13)14-3-1-11(8-21)7-15(14)24(25)26/h1-4,7,9,13H,5-6,10H2. The molecule has 1 aromatic heterocycles. The summed E-state index contributed by atoms with van der Waals surface area (Å²) >= 11 is 0. The van der Waals surface area contributed by atoms with Gasteiger partial charge in [0.25, 0.3) is 5.69 Å². The van der Waals surface area contributed by atoms with Crippen LogP contribution in [0, 0.1) is 21.4 Å². The molecule has 7 nitrogen and oxygen atoms in total. The second-order valence-electron chi connectivity index (χ2n) is 5.93. The Morgan fingerprint density at radius 1 is 1.33 bits per heavy atom. The van der Waals surface area contributed by atoms with Crippen molar-refractivity contribution in [2.24, 2.45) is 0 Å². The predicted molar refractivity (Wildman–Crippen MR) is 88.3 cm³/mol. The summed E-state index contributed by atoms with van der Waals surface area (Å²) < 4.78 is 43.3. The number of pyridine rings is 1. The average Bonchev–Trinajstić information content (AvgIpc) is 3.09. The van der Waals surface area contributed by atoms with E-state index in [1.165, 1.54) is 18.2 Å². The molecule has 1 unspecified atom stereocenters. The van der Waals surface area contributed by atoms with Crippen LogP contribution in [0.1, 0.15) is 17.5 Å². The van der Waals surface area contributed by atoms with Gasteiger partial charge in [0, 0.05) is 31.3 Å². The van der Waals surface area contributed by atoms with Crippen molar-refractivity contribution < 1.29 is 22.8 Å². The van der Waals surface area contributed by atoms with Crippen LogP contribution < -0.4 is 9.64 Å². The van der Waals surface area contributed by atoms with Crippen molar-refractivity contribution in [3.05, 3.63) is 57.8 Å². The molecule has 140 valence electrons. The first-order valence-corrected chi connectivity index (χ1v) is 7.91. The minimum atomic E-state index is -4.47. The smallest absolute Gasteiger partial charge is 0.417 e. The van der Waals surface area contributed by atoms with E-state index in [0.29, 0.717) is 31.4 Å². The number of nitrogens with zero attached hydrogens (tertiary/aromatic N) is 4. The maximum absolute atomic E-state index is 12.6. The Morgan fingerprint density at radius 2 is 2.11 bits per heavy atom. The second-order valence-corrected chi connectivity index (χ2v) is 5.93. The van der Waals surface area contributed by atoms with Crippen molar-refractivity contribution >= 4 is 11.4 Å². The number of hydrogen-bond acceptors (Lipinski definition) is 6. The van der Waals surface area contributed by atoms with Gasteiger partial charge in [-0.15, -0.1) is 0 Å². The summed E-state index contributed by atoms with van der Waals surface area (Å²) in [6.07, 6.45) is -3.61. The van der Waals surface area contributed by atoms with Crippen LogP contribution in [0.15, 0.2) is 36.5 Å². The van der Waals surface area contributed by atoms with Crippen LogP contribution in [0.5, 0.6) is 5.88 Å². The summed E-state index contributed by atoms with van der Waals surface area (Å²) in [6, 6.07) is 8.11. The van der Waals surface area contributed by atoms with Gasteiger partial charge < -0.3 is 9.64 Å². The fourth-order valence-electron chi connectivity index (χ4n) is 2.84. The van der Waals surface area contributed by atoms with Gasteiger partial charge in [0.15, 0.2) is 0 Å². The molecule has 1 fully saturated rings. The van der Waals surface area contributed by atoms with Gasteiger partial charge >= 0.3 is 6.18 Å². The van der Waals surface area contributed by atoms with Gasteiger partial charge in [0.05, 0.1) is 28.7 Å². The van der Waals surface area contributed by atoms with E-state index in [1.807, 2.05) is 6.07 Å². The third kappa shape index (κ3) is 4.08. The fourth-order valence-corrected chi connectivity index (χ4v) is 2.84. The summed E-state index contributed by atoms with van der Waals surface area (Å²) in [5, 5.41) is 20.2. The molecule has 1 aliphatic rings. The summed E-state index contributed by atoms with van der Waals surface area (Å²) in [5.41, 5.74) is -0.490. The number of benzene rings is 1. The van der Waals surface area contributed by atoms with Crippen molar-refractivity contribution in [2.75, 3.05) is 18.0 Å². The Morgan fingerprint density at radius 3 is 2.70 bits per heavy atom. The SMILES string of the molecule is N#Cc1ccc(N2CCC(Oc3ccc(C(F)(F)F)cn3)C2)c([N+](=O)[O-])c1. The number of alkyl halides is 3. The van der Waals surface area contributed by atoms with Crippen LogP contribution in [0.25, 0.3) is 0 Å². The number of ether oxygens (including phenoxy) is 1. The number of hydrogen-bond donors (Lipinski definition) is 0. The lowest BCUT2D eigenvalue weighted by Gasteiger charge is -2.19. The van der Waals surface area contributed by atoms with E-state index in [9.17, 15) is 23.3 Å². The molecule has 0 radical (unpaired) electrons. The third-order valence-electron chi connectivity index (χ3n) is 4.14. The van der Waals surface area contributed by atoms with E-state index in [4.69, 9.17) is 10.00 Å². The molecular weight excluding hydrogens is 365 g/mol. The zero-order valence-corrected chi connectivity index (χ0v) is 13.8. The minimum Gasteiger partial charge on any atom is -0.472 e. The molecule has 3 rings (SSSR count). The Kier molecular flexibility index (Phi) is 4.85. The Bertz CT molecular complexity index is 894. The minimum absolute atomic E-state index is 0.0594. The first kappa shape index (κ1) is 18.4. The molecule has 2 heterocycles. The topological polar surface area (TPSA) is 92.3 Å². The lowest BCUT2D eigenvalue weighted by molar-refractivity contribution is -0.384. The highest BCUT2D eigenvalue weighted by atomic mass is 19.4. The Balaban J connectivity index is 1.71. The zero-order chi connectivity index (χ0) is 19.6. The quantitative estimate of drug-likeness (QED) is 0.597. The lowest BCUT2D eigenvalue weighted by atomic mass is 10.2. The van der Waals surface area contributed by atoms with E-state index in [0.717, 1.165) is 12.1 Å². The van der Waals surface area contributed by atoms with Crippen LogP contribution in [-0.4, -0.2) is 29.1 Å². The number of aromatic nitrogens is 1. The van der Waals surface area contributed by atoms with E-state index in [1.54, 1.807) is 4.90 Å². The molecule has 0 spiro atoms. The van der Waals surface area contributed by atoms with Crippen LogP contribution in [-0.2, 0) is 6.18 Å². The third-order valence-corrected chi connectivity index (χ3v) is 4.14. The number of rotatable bonds is 4. The Hall–Kier alpha value is -3.35. The maximum atomic E-state index is 12.6. The van der Waals surface area contributed by atoms with Crippen molar-refractivity contribution in [2.45, 2.75) is 18.7 Å². The van der Waals surface area contributed by atoms with Gasteiger partial charge in [0.2, 0.25) is 5.88 Å². The van der Waals surface area contributed by atoms with E-state index in [2.05, 4.69) is 4.98 Å². The highest BCUT2D eigenvalue weighted by Crippen LogP contribution is 2.33. The zero-order valence-electron chi connectivity index (χ0n) is 13.8. The van der Waals surface area contributed by atoms with Gasteiger partial charge in [-0.1, -0.05) is 0 Å². The molecule has 2 aromatic rings. The molecule has 1 aliphatic heterocycles. The molecule has 0 aliphatic carbocycles. The number of nitro groups is 1. The van der Waals surface area contributed by atoms with Crippen LogP contribution in [0.4, 0.5) is 24.5 Å². The molecule has 1 atom stereocenters. The number of anilines is 1. The van der Waals surface area contributed by atoms with Gasteiger partial charge in [-0.25, -0.2) is 4.98 Å². The maximum Gasteiger partial charge on any atom is 0.417 e. The summed E-state index contributed by atoms with van der Waals surface area (Å²) in [7, 11) is 0. The first-order valence-electron chi connectivity index (χ1n) is 7.91. The Labute approximate surface area is 151 Å². The van der Waals surface area contributed by atoms with Gasteiger partial charge in [-0.05, 0) is 18.2 Å². The fraction of sp³-hybridized carbons (Fsp3) is 0.294. The van der Waals surface area contributed by atoms with Crippen molar-refractivity contribution in [3.8, 4) is 11.9 Å². The summed E-state index contributed by atoms with van der Waals surface area (Å²) in [5.74, 6) is 0.0594. The monoisotopic (exact) mass is 378 g/mol. The number of nitriles is 1. The van der Waals surface area contributed by atoms with Gasteiger partial charge in [-0.2, -0.15) is 18.4 Å². The van der Waals surface area contributed by atoms with Crippen LogP contribution >= 0.6 is 0 Å². The highest BCUT2D eigenvalue weighted by Gasteiger charge is 2.32. The molecule has 1 aromatic carbocycles. The molecule has 0 saturated carbocycles. The summed E-state index contributed by atoms with van der Waals surface area (Å²) in [4.78, 5) is 16.1. The van der Waals surface area contributed by atoms with Gasteiger partial charge in [0.1, 0.15) is 11.8 Å². The lowest BCUT2D eigenvalue weighted by Crippen LogP contribution is -2.25. The number of nitro benzene ring substituents is 1.